The summed E-state index contributed by atoms with van der Waals surface area (Å²) in [7, 11) is 0. The quantitative estimate of drug-likeness (QED) is 0.439. The van der Waals surface area contributed by atoms with Gasteiger partial charge in [-0.25, -0.2) is 18.9 Å². The Morgan fingerprint density at radius 2 is 1.88 bits per heavy atom. The van der Waals surface area contributed by atoms with Crippen molar-refractivity contribution in [3.8, 4) is 11.3 Å². The van der Waals surface area contributed by atoms with Crippen molar-refractivity contribution in [1.29, 1.82) is 0 Å². The zero-order valence-corrected chi connectivity index (χ0v) is 20.2. The molecule has 1 aromatic carbocycles. The Bertz CT molecular complexity index is 1340. The molecular weight excluding hydrogens is 459 g/mol. The van der Waals surface area contributed by atoms with Crippen LogP contribution in [0.15, 0.2) is 36.5 Å². The van der Waals surface area contributed by atoms with Crippen LogP contribution in [0.1, 0.15) is 40.2 Å². The Hall–Kier alpha value is -2.55. The van der Waals surface area contributed by atoms with Crippen LogP contribution in [-0.4, -0.2) is 32.7 Å². The smallest absolute Gasteiger partial charge is 0.155 e. The second-order valence-corrected chi connectivity index (χ2v) is 10.3. The lowest BCUT2D eigenvalue weighted by Gasteiger charge is -2.42. The molecule has 4 aromatic rings. The van der Waals surface area contributed by atoms with Crippen molar-refractivity contribution in [3.63, 3.8) is 0 Å². The molecule has 2 aliphatic rings. The van der Waals surface area contributed by atoms with E-state index in [1.807, 2.05) is 23.6 Å². The first-order chi connectivity index (χ1) is 15.5. The Morgan fingerprint density at radius 3 is 2.61 bits per heavy atom. The van der Waals surface area contributed by atoms with Crippen LogP contribution >= 0.6 is 23.7 Å². The predicted molar refractivity (Wildman–Crippen MR) is 132 cm³/mol. The number of halogens is 2. The first-order valence-electron chi connectivity index (χ1n) is 11.0. The van der Waals surface area contributed by atoms with E-state index in [2.05, 4.69) is 16.9 Å². The molecule has 6 rings (SSSR count). The van der Waals surface area contributed by atoms with E-state index in [-0.39, 0.29) is 29.7 Å². The van der Waals surface area contributed by atoms with E-state index in [0.29, 0.717) is 11.3 Å². The Balaban J connectivity index is 0.00000228. The molecule has 2 N–H and O–H groups in total. The Labute approximate surface area is 202 Å². The lowest BCUT2D eigenvalue weighted by Crippen LogP contribution is -2.45. The zero-order chi connectivity index (χ0) is 22.0. The SMILES string of the molecule is Cc1nc2c(s1)CC1(CCN(c3nc(C)c(-c4ccccc4F)n4nccc34)CC1)[C@@H]2N.Cl. The number of benzene rings is 1. The predicted octanol–water partition coefficient (Wildman–Crippen LogP) is 4.87. The molecule has 0 saturated carbocycles. The number of nitrogens with two attached hydrogens (primary N) is 1. The summed E-state index contributed by atoms with van der Waals surface area (Å²) in [5.74, 6) is 0.638. The highest BCUT2D eigenvalue weighted by Gasteiger charge is 2.48. The summed E-state index contributed by atoms with van der Waals surface area (Å²) in [5.41, 5.74) is 10.8. The third-order valence-electron chi connectivity index (χ3n) is 7.19. The number of rotatable bonds is 2. The van der Waals surface area contributed by atoms with E-state index in [0.717, 1.165) is 60.1 Å². The van der Waals surface area contributed by atoms with Crippen molar-refractivity contribution in [2.45, 2.75) is 39.2 Å². The summed E-state index contributed by atoms with van der Waals surface area (Å²) >= 11 is 1.79. The van der Waals surface area contributed by atoms with Gasteiger partial charge in [0.05, 0.1) is 34.3 Å². The second-order valence-electron chi connectivity index (χ2n) is 9.02. The average molecular weight is 485 g/mol. The minimum Gasteiger partial charge on any atom is -0.355 e. The van der Waals surface area contributed by atoms with Gasteiger partial charge in [0.1, 0.15) is 11.3 Å². The Kier molecular flexibility index (Phi) is 5.42. The number of hydrogen-bond acceptors (Lipinski definition) is 6. The van der Waals surface area contributed by atoms with Crippen LogP contribution in [0, 0.1) is 25.1 Å². The minimum atomic E-state index is -0.270. The number of nitrogens with zero attached hydrogens (tertiary/aromatic N) is 5. The van der Waals surface area contributed by atoms with Crippen molar-refractivity contribution < 1.29 is 4.39 Å². The van der Waals surface area contributed by atoms with E-state index in [4.69, 9.17) is 15.7 Å². The second kappa shape index (κ2) is 8.04. The van der Waals surface area contributed by atoms with E-state index in [1.54, 1.807) is 29.7 Å². The van der Waals surface area contributed by atoms with Gasteiger partial charge in [-0.3, -0.25) is 0 Å². The van der Waals surface area contributed by atoms with E-state index in [1.165, 1.54) is 10.9 Å². The van der Waals surface area contributed by atoms with Gasteiger partial charge < -0.3 is 10.6 Å². The lowest BCUT2D eigenvalue weighted by atomic mass is 9.73. The number of anilines is 1. The molecule has 1 fully saturated rings. The molecule has 4 heterocycles. The van der Waals surface area contributed by atoms with Crippen LogP contribution in [0.5, 0.6) is 0 Å². The fraction of sp³-hybridized carbons (Fsp3) is 0.375. The maximum Gasteiger partial charge on any atom is 0.155 e. The lowest BCUT2D eigenvalue weighted by molar-refractivity contribution is 0.186. The number of aryl methyl sites for hydroxylation is 2. The fourth-order valence-electron chi connectivity index (χ4n) is 5.49. The van der Waals surface area contributed by atoms with Crippen LogP contribution in [0.25, 0.3) is 16.8 Å². The van der Waals surface area contributed by atoms with E-state index < -0.39 is 0 Å². The van der Waals surface area contributed by atoms with Gasteiger partial charge in [0.25, 0.3) is 0 Å². The molecule has 1 aliphatic carbocycles. The molecule has 3 aromatic heterocycles. The largest absolute Gasteiger partial charge is 0.355 e. The maximum atomic E-state index is 14.6. The van der Waals surface area contributed by atoms with Gasteiger partial charge in [0.2, 0.25) is 0 Å². The van der Waals surface area contributed by atoms with Gasteiger partial charge in [0, 0.05) is 23.5 Å². The van der Waals surface area contributed by atoms with Crippen molar-refractivity contribution in [1.82, 2.24) is 19.6 Å². The van der Waals surface area contributed by atoms with Gasteiger partial charge in [-0.15, -0.1) is 23.7 Å². The number of aromatic nitrogens is 4. The molecule has 0 bridgehead atoms. The van der Waals surface area contributed by atoms with Crippen molar-refractivity contribution >= 4 is 35.1 Å². The summed E-state index contributed by atoms with van der Waals surface area (Å²) < 4.78 is 16.4. The van der Waals surface area contributed by atoms with E-state index >= 15 is 0 Å². The van der Waals surface area contributed by atoms with Crippen LogP contribution in [0.2, 0.25) is 0 Å². The molecule has 0 unspecified atom stereocenters. The van der Waals surface area contributed by atoms with E-state index in [9.17, 15) is 4.39 Å². The van der Waals surface area contributed by atoms with Crippen LogP contribution in [0.3, 0.4) is 0 Å². The van der Waals surface area contributed by atoms with Gasteiger partial charge in [-0.2, -0.15) is 5.10 Å². The molecular formula is C24H26ClFN6S. The van der Waals surface area contributed by atoms with Crippen molar-refractivity contribution in [2.75, 3.05) is 18.0 Å². The molecule has 1 atom stereocenters. The first kappa shape index (κ1) is 22.3. The van der Waals surface area contributed by atoms with Crippen molar-refractivity contribution in [2.24, 2.45) is 11.1 Å². The summed E-state index contributed by atoms with van der Waals surface area (Å²) in [6.07, 6.45) is 4.80. The molecule has 172 valence electrons. The minimum absolute atomic E-state index is 0. The standard InChI is InChI=1S/C24H25FN6S.ClH/c1-14-21(16-5-3-4-6-17(16)25)31-18(7-10-27-31)23(28-14)30-11-8-24(9-12-30)13-19-20(22(24)26)29-15(2)32-19;/h3-7,10,22H,8-9,11-13,26H2,1-2H3;1H/t22-;/m1./s1. The zero-order valence-electron chi connectivity index (χ0n) is 18.6. The summed E-state index contributed by atoms with van der Waals surface area (Å²) in [5, 5.41) is 5.63. The highest BCUT2D eigenvalue weighted by Crippen LogP contribution is 2.52. The van der Waals surface area contributed by atoms with Gasteiger partial charge in [0.15, 0.2) is 5.82 Å². The molecule has 1 saturated heterocycles. The molecule has 0 radical (unpaired) electrons. The van der Waals surface area contributed by atoms with Gasteiger partial charge >= 0.3 is 0 Å². The van der Waals surface area contributed by atoms with Crippen LogP contribution in [-0.2, 0) is 6.42 Å². The fourth-order valence-corrected chi connectivity index (χ4v) is 6.63. The number of fused-ring (bicyclic) bond motifs is 2. The molecule has 1 aliphatic heterocycles. The third-order valence-corrected chi connectivity index (χ3v) is 8.18. The molecule has 33 heavy (non-hydrogen) atoms. The molecule has 1 spiro atoms. The maximum absolute atomic E-state index is 14.6. The number of hydrogen-bond donors (Lipinski definition) is 1. The normalized spacial score (nSPS) is 19.2. The average Bonchev–Trinajstić information content (AvgIpc) is 3.46. The van der Waals surface area contributed by atoms with Crippen LogP contribution in [0.4, 0.5) is 10.2 Å². The topological polar surface area (TPSA) is 72.3 Å². The van der Waals surface area contributed by atoms with Crippen LogP contribution < -0.4 is 10.6 Å². The Morgan fingerprint density at radius 1 is 1.12 bits per heavy atom. The summed E-state index contributed by atoms with van der Waals surface area (Å²) in [4.78, 5) is 13.4. The number of thiazole rings is 1. The monoisotopic (exact) mass is 484 g/mol. The molecule has 6 nitrogen and oxygen atoms in total. The van der Waals surface area contributed by atoms with Gasteiger partial charge in [-0.1, -0.05) is 12.1 Å². The molecule has 9 heteroatoms. The van der Waals surface area contributed by atoms with Gasteiger partial charge in [-0.05, 0) is 56.7 Å². The van der Waals surface area contributed by atoms with Crippen molar-refractivity contribution in [3.05, 3.63) is 63.6 Å². The highest BCUT2D eigenvalue weighted by atomic mass is 35.5. The number of piperidine rings is 1. The highest BCUT2D eigenvalue weighted by molar-refractivity contribution is 7.11. The molecule has 0 amide bonds. The summed E-state index contributed by atoms with van der Waals surface area (Å²) in [6.45, 7) is 5.75. The summed E-state index contributed by atoms with van der Waals surface area (Å²) in [6, 6.07) is 8.76. The first-order valence-corrected chi connectivity index (χ1v) is 11.8. The third kappa shape index (κ3) is 3.34.